The maximum absolute atomic E-state index is 9.49. The highest BCUT2D eigenvalue weighted by molar-refractivity contribution is 5.21. The van der Waals surface area contributed by atoms with Crippen molar-refractivity contribution in [2.45, 2.75) is 337 Å². The van der Waals surface area contributed by atoms with Crippen molar-refractivity contribution in [1.29, 1.82) is 0 Å². The fourth-order valence-corrected chi connectivity index (χ4v) is 9.28. The Morgan fingerprint density at radius 1 is 0.203 bits per heavy atom. The number of rotatable bonds is 19. The summed E-state index contributed by atoms with van der Waals surface area (Å²) in [7, 11) is 0. The molecule has 11 unspecified atom stereocenters. The van der Waals surface area contributed by atoms with E-state index in [4.69, 9.17) is 193 Å². The third-order valence-electron chi connectivity index (χ3n) is 16.3. The molecule has 56 heteroatoms. The van der Waals surface area contributed by atoms with E-state index in [-0.39, 0.29) is 133 Å². The van der Waals surface area contributed by atoms with Gasteiger partial charge in [-0.15, -0.1) is 0 Å². The van der Waals surface area contributed by atoms with Gasteiger partial charge in [-0.25, -0.2) is 0 Å². The van der Waals surface area contributed by atoms with E-state index in [1.54, 1.807) is 48.5 Å². The number of hydrogen-bond donors (Lipinski definition) is 24. The number of aliphatic hydroxyl groups excluding tert-OH is 24. The number of carbonyl (C=O) groups excluding carboxylic acids is 16. The SMILES string of the molecule is CC(C)O[C@H]1OC[C@@H](O)[C@H](O)C1O.CC(C)O[C@H]1OC[C@@H](O)[C@H](O)C1O.CCC(C)O[C@H]1OC[C@@H](O)[C@H](O)C1O.CCC(C)O[C@H]1OC[C@@H](O)[C@H](O)C1O.CCC(C)O[C@H]1OC[C@H](O)[C@H](O)C1O.CCO[C@H]1OC[C@@H](O)[C@H](O)C1O.CCO[C@H]1OC[C@@H](O)[C@H](O)C1O.CCO[C@H]1OC[C@H](O)[C@H](O)C1O.O=C=O.O=C=O.O=C=O.O=C=O.O=C=O.O=C=O.O=C=O.O=C=O. The van der Waals surface area contributed by atoms with Crippen LogP contribution in [0.3, 0.4) is 0 Å². The van der Waals surface area contributed by atoms with Crippen molar-refractivity contribution in [2.24, 2.45) is 0 Å². The van der Waals surface area contributed by atoms with Gasteiger partial charge in [0.15, 0.2) is 50.3 Å². The summed E-state index contributed by atoms with van der Waals surface area (Å²) in [5, 5.41) is 222. The van der Waals surface area contributed by atoms with Crippen LogP contribution in [0.15, 0.2) is 0 Å². The second-order valence-electron chi connectivity index (χ2n) is 26.5. The molecular weight excluding hydrogens is 1760 g/mol. The first-order valence-electron chi connectivity index (χ1n) is 38.4. The molecule has 8 saturated heterocycles. The molecule has 0 aromatic rings. The molecule has 35 atom stereocenters. The minimum atomic E-state index is -1.20. The Kier molecular flexibility index (Phi) is 90.6. The Hall–Kier alpha value is -6.56. The van der Waals surface area contributed by atoms with Gasteiger partial charge in [-0.1, -0.05) is 20.8 Å². The zero-order valence-electron chi connectivity index (χ0n) is 72.1. The molecule has 128 heavy (non-hydrogen) atoms. The van der Waals surface area contributed by atoms with E-state index >= 15 is 0 Å². The van der Waals surface area contributed by atoms with Crippen LogP contribution in [0.4, 0.5) is 0 Å². The fraction of sp³-hybridized carbons (Fsp3) is 0.889. The molecule has 0 amide bonds. The highest BCUT2D eigenvalue weighted by Gasteiger charge is 2.45. The van der Waals surface area contributed by atoms with Crippen molar-refractivity contribution in [3.8, 4) is 0 Å². The van der Waals surface area contributed by atoms with Crippen LogP contribution in [0.1, 0.15) is 109 Å². The summed E-state index contributed by atoms with van der Waals surface area (Å²) in [4.78, 5) is 130. The molecule has 24 N–H and O–H groups in total. The molecular formula is C72H128O56. The highest BCUT2D eigenvalue weighted by Crippen LogP contribution is 2.25. The van der Waals surface area contributed by atoms with Gasteiger partial charge >= 0.3 is 49.2 Å². The molecule has 8 aliphatic rings. The maximum atomic E-state index is 9.49. The van der Waals surface area contributed by atoms with Gasteiger partial charge < -0.3 is 198 Å². The summed E-state index contributed by atoms with van der Waals surface area (Å²) in [6.07, 6.45) is -29.9. The van der Waals surface area contributed by atoms with Crippen LogP contribution < -0.4 is 0 Å². The van der Waals surface area contributed by atoms with Crippen molar-refractivity contribution in [2.75, 3.05) is 72.7 Å². The molecule has 0 saturated carbocycles. The van der Waals surface area contributed by atoms with Crippen molar-refractivity contribution in [3.05, 3.63) is 0 Å². The molecule has 8 fully saturated rings. The Labute approximate surface area is 731 Å². The van der Waals surface area contributed by atoms with Gasteiger partial charge in [0.05, 0.1) is 83.4 Å². The molecule has 0 aromatic carbocycles. The molecule has 8 rings (SSSR count). The van der Waals surface area contributed by atoms with E-state index < -0.39 is 197 Å². The quantitative estimate of drug-likeness (QED) is 0.0571. The topological polar surface area (TPSA) is 906 Å². The number of aliphatic hydroxyl groups is 24. The minimum Gasteiger partial charge on any atom is -0.388 e. The van der Waals surface area contributed by atoms with Crippen molar-refractivity contribution < 1.29 is 275 Å². The van der Waals surface area contributed by atoms with Crippen LogP contribution in [0.5, 0.6) is 0 Å². The van der Waals surface area contributed by atoms with Crippen molar-refractivity contribution >= 4 is 49.2 Å². The van der Waals surface area contributed by atoms with Crippen LogP contribution in [0, 0.1) is 0 Å². The lowest BCUT2D eigenvalue weighted by Crippen LogP contribution is -2.54. The van der Waals surface area contributed by atoms with E-state index in [1.807, 2.05) is 41.5 Å². The van der Waals surface area contributed by atoms with E-state index in [9.17, 15) is 81.7 Å². The minimum absolute atomic E-state index is 0.0110. The summed E-state index contributed by atoms with van der Waals surface area (Å²) in [6.45, 7) is 24.9. The Morgan fingerprint density at radius 2 is 0.312 bits per heavy atom. The van der Waals surface area contributed by atoms with Gasteiger partial charge in [0, 0.05) is 19.8 Å². The molecule has 0 spiro atoms. The van der Waals surface area contributed by atoms with E-state index in [0.717, 1.165) is 19.3 Å². The third-order valence-corrected chi connectivity index (χ3v) is 16.3. The number of hydrogen-bond acceptors (Lipinski definition) is 56. The average molecular weight is 1890 g/mol. The summed E-state index contributed by atoms with van der Waals surface area (Å²) >= 11 is 0. The molecule has 752 valence electrons. The highest BCUT2D eigenvalue weighted by atomic mass is 16.7. The average Bonchev–Trinajstić information content (AvgIpc) is 0.657. The summed E-state index contributed by atoms with van der Waals surface area (Å²) in [5.41, 5.74) is 0. The normalized spacial score (nSPS) is 34.4. The van der Waals surface area contributed by atoms with E-state index in [2.05, 4.69) is 0 Å². The van der Waals surface area contributed by atoms with Gasteiger partial charge in [0.2, 0.25) is 0 Å². The lowest BCUT2D eigenvalue weighted by molar-refractivity contribution is -0.280. The molecule has 56 nitrogen and oxygen atoms in total. The van der Waals surface area contributed by atoms with Crippen LogP contribution in [0.2, 0.25) is 0 Å². The Bertz CT molecular complexity index is 2550. The van der Waals surface area contributed by atoms with Crippen LogP contribution >= 0.6 is 0 Å². The lowest BCUT2D eigenvalue weighted by Gasteiger charge is -2.36. The zero-order chi connectivity index (χ0) is 101. The van der Waals surface area contributed by atoms with Crippen LogP contribution in [-0.4, -0.2) is 472 Å². The van der Waals surface area contributed by atoms with Crippen molar-refractivity contribution in [3.63, 3.8) is 0 Å². The van der Waals surface area contributed by atoms with Gasteiger partial charge in [0.1, 0.15) is 146 Å². The van der Waals surface area contributed by atoms with Gasteiger partial charge in [-0.05, 0) is 88.5 Å². The first-order chi connectivity index (χ1) is 60.0. The third kappa shape index (κ3) is 62.0. The Morgan fingerprint density at radius 3 is 0.422 bits per heavy atom. The second kappa shape index (κ2) is 84.7. The standard InChI is InChI=1S/3C9H18O5.2C8H16O5.3C7H14O5.8CO2/c3*1-3-5(2)14-9-8(12)7(11)6(10)4-13-9;2*1-4(2)13-8-7(11)6(10)5(9)3-12-8;3*1-2-11-7-6(10)5(9)4(8)3-12-7;8*2-1-3/h3*5-12H,3-4H2,1-2H3;2*4-11H,3H2,1-2H3;3*4-10H,2-3H2,1H3;;;;;;;;/t2*5?,6-,7+,8?,9-;5?,6-,7-,8?,9+;2*5-,6+,7?,8-;2*4-,5+,6?,7+;4-,5-,6?,7-;;;;;;;;/m11011110......../s1. The fourth-order valence-electron chi connectivity index (χ4n) is 9.28. The lowest BCUT2D eigenvalue weighted by atomic mass is 10.1. The first-order valence-corrected chi connectivity index (χ1v) is 38.4. The largest absolute Gasteiger partial charge is 0.388 e. The smallest absolute Gasteiger partial charge is 0.373 e. The summed E-state index contributed by atoms with van der Waals surface area (Å²) in [5.74, 6) is 0. The number of ether oxygens (including phenoxy) is 16. The zero-order valence-corrected chi connectivity index (χ0v) is 72.1. The molecule has 0 aromatic heterocycles. The van der Waals surface area contributed by atoms with Crippen molar-refractivity contribution in [1.82, 2.24) is 0 Å². The predicted octanol–water partition coefficient (Wildman–Crippen LogP) is -13.9. The van der Waals surface area contributed by atoms with E-state index in [1.165, 1.54) is 0 Å². The molecule has 0 aliphatic carbocycles. The van der Waals surface area contributed by atoms with E-state index in [0.29, 0.717) is 19.8 Å². The first kappa shape index (κ1) is 137. The molecule has 8 heterocycles. The Balaban J connectivity index is -0.000000207. The van der Waals surface area contributed by atoms with Gasteiger partial charge in [0.25, 0.3) is 0 Å². The summed E-state index contributed by atoms with van der Waals surface area (Å²) in [6, 6.07) is 0. The molecule has 0 bridgehead atoms. The van der Waals surface area contributed by atoms with Gasteiger partial charge in [-0.2, -0.15) is 76.7 Å². The molecule has 8 aliphatic heterocycles. The summed E-state index contributed by atoms with van der Waals surface area (Å²) < 4.78 is 81.2. The van der Waals surface area contributed by atoms with Crippen LogP contribution in [-0.2, 0) is 153 Å². The predicted molar refractivity (Wildman–Crippen MR) is 392 cm³/mol. The maximum Gasteiger partial charge on any atom is 0.373 e. The second-order valence-corrected chi connectivity index (χ2v) is 26.5. The van der Waals surface area contributed by atoms with Crippen LogP contribution in [0.25, 0.3) is 0 Å². The molecule has 0 radical (unpaired) electrons. The monoisotopic (exact) mass is 1890 g/mol. The van der Waals surface area contributed by atoms with Gasteiger partial charge in [-0.3, -0.25) is 0 Å².